The van der Waals surface area contributed by atoms with Gasteiger partial charge >= 0.3 is 5.97 Å². The number of carbonyl (C=O) groups excluding carboxylic acids is 2. The minimum Gasteiger partial charge on any atom is -0.477 e. The molecule has 34 heavy (non-hydrogen) atoms. The maximum atomic E-state index is 13.3. The standard InChI is InChI=1S/C22H34N6O5S/c1-11-16-15(12(2)29)20(31)28(16)17(21(32)33)18(11)34-13-9-14(25(3)10-13)19(30)26-5-4-6-27(8-7-26)22(23)24/h11-16,29H,4-10H2,1-3H3,(H3,23,24)(H,32,33)/t11?,12?,13?,14?,15?,16-/m1/s1. The summed E-state index contributed by atoms with van der Waals surface area (Å²) in [6.45, 7) is 6.45. The molecule has 0 spiro atoms. The third kappa shape index (κ3) is 4.16. The van der Waals surface area contributed by atoms with E-state index in [9.17, 15) is 24.6 Å². The number of fused-ring (bicyclic) bond motifs is 1. The maximum absolute atomic E-state index is 13.3. The van der Waals surface area contributed by atoms with Crippen LogP contribution >= 0.6 is 11.8 Å². The van der Waals surface area contributed by atoms with Gasteiger partial charge in [0.25, 0.3) is 0 Å². The van der Waals surface area contributed by atoms with Crippen LogP contribution in [0.4, 0.5) is 0 Å². The number of carboxylic acid groups (broad SMARTS) is 1. The minimum absolute atomic E-state index is 0.0187. The van der Waals surface area contributed by atoms with E-state index in [0.29, 0.717) is 44.0 Å². The maximum Gasteiger partial charge on any atom is 0.353 e. The van der Waals surface area contributed by atoms with Crippen LogP contribution in [0, 0.1) is 17.2 Å². The van der Waals surface area contributed by atoms with E-state index < -0.39 is 18.0 Å². The Hall–Kier alpha value is -2.31. The highest BCUT2D eigenvalue weighted by Crippen LogP contribution is 2.52. The van der Waals surface area contributed by atoms with Crippen LogP contribution in [0.5, 0.6) is 0 Å². The van der Waals surface area contributed by atoms with Crippen molar-refractivity contribution in [2.45, 2.75) is 50.1 Å². The van der Waals surface area contributed by atoms with Crippen molar-refractivity contribution in [2.24, 2.45) is 17.6 Å². The Balaban J connectivity index is 1.45. The second-order valence-corrected chi connectivity index (χ2v) is 11.1. The van der Waals surface area contributed by atoms with Gasteiger partial charge in [-0.15, -0.1) is 11.8 Å². The molecule has 2 amide bonds. The van der Waals surface area contributed by atoms with Gasteiger partial charge in [0.05, 0.1) is 24.1 Å². The molecule has 12 heteroatoms. The molecule has 0 aliphatic carbocycles. The van der Waals surface area contributed by atoms with Crippen LogP contribution in [-0.4, -0.2) is 117 Å². The van der Waals surface area contributed by atoms with Gasteiger partial charge in [0.1, 0.15) is 5.70 Å². The van der Waals surface area contributed by atoms with Crippen molar-refractivity contribution in [3.05, 3.63) is 10.6 Å². The van der Waals surface area contributed by atoms with Crippen molar-refractivity contribution >= 4 is 35.5 Å². The number of likely N-dealkylation sites (tertiary alicyclic amines) is 1. The number of amides is 2. The first-order valence-electron chi connectivity index (χ1n) is 11.8. The van der Waals surface area contributed by atoms with Crippen LogP contribution in [0.2, 0.25) is 0 Å². The van der Waals surface area contributed by atoms with Crippen LogP contribution in [0.25, 0.3) is 0 Å². The molecule has 5 unspecified atom stereocenters. The third-order valence-corrected chi connectivity index (χ3v) is 9.04. The summed E-state index contributed by atoms with van der Waals surface area (Å²) in [6, 6.07) is -0.630. The van der Waals surface area contributed by atoms with Gasteiger partial charge in [0.15, 0.2) is 5.96 Å². The lowest BCUT2D eigenvalue weighted by Gasteiger charge is -2.46. The summed E-state index contributed by atoms with van der Waals surface area (Å²) in [5, 5.41) is 27.6. The molecule has 3 fully saturated rings. The molecule has 5 N–H and O–H groups in total. The van der Waals surface area contributed by atoms with Crippen molar-refractivity contribution in [3.8, 4) is 0 Å². The summed E-state index contributed by atoms with van der Waals surface area (Å²) in [5.41, 5.74) is 5.64. The van der Waals surface area contributed by atoms with Crippen LogP contribution < -0.4 is 5.73 Å². The predicted molar refractivity (Wildman–Crippen MR) is 127 cm³/mol. The van der Waals surface area contributed by atoms with E-state index in [1.807, 2.05) is 23.8 Å². The molecular formula is C22H34N6O5S. The number of hydrogen-bond acceptors (Lipinski definition) is 7. The molecule has 0 aromatic rings. The summed E-state index contributed by atoms with van der Waals surface area (Å²) in [5.74, 6) is -2.16. The van der Waals surface area contributed by atoms with E-state index in [2.05, 4.69) is 0 Å². The molecule has 4 heterocycles. The number of rotatable bonds is 5. The number of aliphatic hydroxyl groups is 1. The topological polar surface area (TPSA) is 154 Å². The average Bonchev–Trinajstić information content (AvgIpc) is 3.09. The van der Waals surface area contributed by atoms with E-state index in [4.69, 9.17) is 11.1 Å². The van der Waals surface area contributed by atoms with Crippen LogP contribution in [0.1, 0.15) is 26.7 Å². The van der Waals surface area contributed by atoms with Gasteiger partial charge in [-0.1, -0.05) is 6.92 Å². The Morgan fingerprint density at radius 2 is 1.85 bits per heavy atom. The molecule has 4 aliphatic heterocycles. The molecule has 0 aromatic carbocycles. The van der Waals surface area contributed by atoms with Gasteiger partial charge in [0, 0.05) is 48.8 Å². The first kappa shape index (κ1) is 24.8. The molecule has 6 atom stereocenters. The Morgan fingerprint density at radius 3 is 2.47 bits per heavy atom. The number of hydrogen-bond donors (Lipinski definition) is 4. The van der Waals surface area contributed by atoms with Gasteiger partial charge in [-0.3, -0.25) is 19.9 Å². The first-order chi connectivity index (χ1) is 16.0. The number of nitrogens with two attached hydrogens (primary N) is 1. The summed E-state index contributed by atoms with van der Waals surface area (Å²) in [7, 11) is 1.91. The largest absolute Gasteiger partial charge is 0.477 e. The number of nitrogens with one attached hydrogen (secondary N) is 1. The van der Waals surface area contributed by atoms with E-state index >= 15 is 0 Å². The van der Waals surface area contributed by atoms with Crippen molar-refractivity contribution in [1.82, 2.24) is 19.6 Å². The minimum atomic E-state index is -1.13. The molecule has 4 aliphatic rings. The second kappa shape index (κ2) is 9.38. The third-order valence-electron chi connectivity index (χ3n) is 7.55. The van der Waals surface area contributed by atoms with Gasteiger partial charge in [0.2, 0.25) is 11.8 Å². The molecule has 3 saturated heterocycles. The zero-order valence-electron chi connectivity index (χ0n) is 19.8. The number of carbonyl (C=O) groups is 3. The van der Waals surface area contributed by atoms with Crippen LogP contribution in [-0.2, 0) is 14.4 Å². The van der Waals surface area contributed by atoms with E-state index in [1.165, 1.54) is 16.7 Å². The molecule has 0 aromatic heterocycles. The fourth-order valence-corrected chi connectivity index (χ4v) is 7.37. The number of aliphatic carboxylic acids is 1. The van der Waals surface area contributed by atoms with Crippen LogP contribution in [0.3, 0.4) is 0 Å². The van der Waals surface area contributed by atoms with Crippen molar-refractivity contribution in [3.63, 3.8) is 0 Å². The molecule has 0 saturated carbocycles. The van der Waals surface area contributed by atoms with Gasteiger partial charge in [-0.2, -0.15) is 0 Å². The Labute approximate surface area is 203 Å². The Bertz CT molecular complexity index is 925. The fourth-order valence-electron chi connectivity index (χ4n) is 5.77. The first-order valence-corrected chi connectivity index (χ1v) is 12.6. The molecular weight excluding hydrogens is 460 g/mol. The number of thioether (sulfide) groups is 1. The summed E-state index contributed by atoms with van der Waals surface area (Å²) in [4.78, 5) is 45.6. The highest BCUT2D eigenvalue weighted by Gasteiger charge is 2.60. The molecule has 0 bridgehead atoms. The van der Waals surface area contributed by atoms with E-state index in [-0.39, 0.29) is 46.7 Å². The molecule has 188 valence electrons. The van der Waals surface area contributed by atoms with Crippen LogP contribution in [0.15, 0.2) is 10.6 Å². The highest BCUT2D eigenvalue weighted by atomic mass is 32.2. The monoisotopic (exact) mass is 494 g/mol. The normalized spacial score (nSPS) is 33.0. The van der Waals surface area contributed by atoms with Crippen molar-refractivity contribution < 1.29 is 24.6 Å². The van der Waals surface area contributed by atoms with Gasteiger partial charge < -0.3 is 30.6 Å². The molecule has 11 nitrogen and oxygen atoms in total. The fraction of sp³-hybridized carbons (Fsp3) is 0.727. The zero-order valence-corrected chi connectivity index (χ0v) is 20.6. The van der Waals surface area contributed by atoms with Crippen molar-refractivity contribution in [1.29, 1.82) is 5.41 Å². The molecule has 4 rings (SSSR count). The van der Waals surface area contributed by atoms with E-state index in [0.717, 1.165) is 6.42 Å². The number of carboxylic acids is 1. The Morgan fingerprint density at radius 1 is 1.21 bits per heavy atom. The van der Waals surface area contributed by atoms with Crippen molar-refractivity contribution in [2.75, 3.05) is 39.8 Å². The number of nitrogens with zero attached hydrogens (tertiary/aromatic N) is 4. The SMILES string of the molecule is CC(O)C1C(=O)N2C(C(=O)O)=C(SC3CC(C(=O)N4CCCN(C(=N)N)CC4)N(C)C3)C(C)[C@H]12. The number of β-lactam (4-membered cyclic amide) rings is 1. The Kier molecular flexibility index (Phi) is 6.85. The zero-order chi connectivity index (χ0) is 24.9. The number of guanidine groups is 1. The quantitative estimate of drug-likeness (QED) is 0.222. The lowest BCUT2D eigenvalue weighted by Crippen LogP contribution is -2.63. The average molecular weight is 495 g/mol. The summed E-state index contributed by atoms with van der Waals surface area (Å²) in [6.07, 6.45) is 0.513. The number of likely N-dealkylation sites (N-methyl/N-ethyl adjacent to an activating group) is 1. The summed E-state index contributed by atoms with van der Waals surface area (Å²) >= 11 is 1.46. The number of aliphatic hydroxyl groups excluding tert-OH is 1. The predicted octanol–water partition coefficient (Wildman–Crippen LogP) is -0.626. The van der Waals surface area contributed by atoms with Gasteiger partial charge in [-0.05, 0) is 26.8 Å². The van der Waals surface area contributed by atoms with E-state index in [1.54, 1.807) is 11.8 Å². The van der Waals surface area contributed by atoms with Gasteiger partial charge in [-0.25, -0.2) is 4.79 Å². The molecule has 0 radical (unpaired) electrons. The summed E-state index contributed by atoms with van der Waals surface area (Å²) < 4.78 is 0. The second-order valence-electron chi connectivity index (χ2n) is 9.75. The lowest BCUT2D eigenvalue weighted by molar-refractivity contribution is -0.163. The smallest absolute Gasteiger partial charge is 0.353 e. The highest BCUT2D eigenvalue weighted by molar-refractivity contribution is 8.03. The lowest BCUT2D eigenvalue weighted by atomic mass is 9.79.